The molecular weight excluding hydrogens is 344 g/mol. The molecule has 4 rings (SSSR count). The van der Waals surface area contributed by atoms with Crippen molar-refractivity contribution in [1.29, 1.82) is 0 Å². The number of amides is 2. The lowest BCUT2D eigenvalue weighted by molar-refractivity contribution is -0.141. The molecule has 1 saturated carbocycles. The number of para-hydroxylation sites is 1. The van der Waals surface area contributed by atoms with Crippen LogP contribution in [0.3, 0.4) is 0 Å². The lowest BCUT2D eigenvalue weighted by atomic mass is 9.77. The largest absolute Gasteiger partial charge is 0.389 e. The van der Waals surface area contributed by atoms with Crippen molar-refractivity contribution in [3.63, 3.8) is 0 Å². The molecule has 0 saturated heterocycles. The van der Waals surface area contributed by atoms with Gasteiger partial charge < -0.3 is 15.3 Å². The number of aryl methyl sites for hydroxylation is 1. The van der Waals surface area contributed by atoms with Gasteiger partial charge in [0.15, 0.2) is 0 Å². The van der Waals surface area contributed by atoms with E-state index in [1.807, 2.05) is 35.0 Å². The van der Waals surface area contributed by atoms with Crippen LogP contribution >= 0.6 is 0 Å². The topological polar surface area (TPSA) is 87.5 Å². The molecular formula is C20H24N4O3. The van der Waals surface area contributed by atoms with Crippen LogP contribution in [0.25, 0.3) is 0 Å². The number of hydrogen-bond acceptors (Lipinski definition) is 4. The Morgan fingerprint density at radius 3 is 2.63 bits per heavy atom. The van der Waals surface area contributed by atoms with Gasteiger partial charge in [-0.3, -0.25) is 14.3 Å². The van der Waals surface area contributed by atoms with Gasteiger partial charge in [0.2, 0.25) is 5.91 Å². The van der Waals surface area contributed by atoms with Gasteiger partial charge in [-0.05, 0) is 37.8 Å². The van der Waals surface area contributed by atoms with Crippen molar-refractivity contribution in [1.82, 2.24) is 14.7 Å². The fourth-order valence-corrected chi connectivity index (χ4v) is 3.72. The number of nitrogens with one attached hydrogen (secondary N) is 1. The molecule has 142 valence electrons. The summed E-state index contributed by atoms with van der Waals surface area (Å²) in [5, 5.41) is 17.5. The molecule has 2 aliphatic rings. The number of aliphatic hydroxyl groups is 1. The average Bonchev–Trinajstić information content (AvgIpc) is 2.91. The second-order valence-corrected chi connectivity index (χ2v) is 7.47. The number of anilines is 1. The third-order valence-electron chi connectivity index (χ3n) is 5.48. The predicted molar refractivity (Wildman–Crippen MR) is 100 cm³/mol. The first-order chi connectivity index (χ1) is 13.0. The number of carbonyl (C=O) groups excluding carboxylic acids is 2. The van der Waals surface area contributed by atoms with E-state index in [2.05, 4.69) is 10.4 Å². The SMILES string of the molecule is O=C(Nc1ccccc1)c1cnn2c1CN(C(=O)CC1(O)CCC1)CCC2. The van der Waals surface area contributed by atoms with Gasteiger partial charge in [-0.1, -0.05) is 18.2 Å². The summed E-state index contributed by atoms with van der Waals surface area (Å²) in [6.07, 6.45) is 4.86. The van der Waals surface area contributed by atoms with Gasteiger partial charge >= 0.3 is 0 Å². The zero-order chi connectivity index (χ0) is 18.9. The first kappa shape index (κ1) is 17.7. The van der Waals surface area contributed by atoms with Crippen molar-refractivity contribution in [2.24, 2.45) is 0 Å². The Balaban J connectivity index is 1.50. The first-order valence-electron chi connectivity index (χ1n) is 9.45. The third-order valence-corrected chi connectivity index (χ3v) is 5.48. The number of nitrogens with zero attached hydrogens (tertiary/aromatic N) is 3. The smallest absolute Gasteiger partial charge is 0.259 e. The molecule has 27 heavy (non-hydrogen) atoms. The van der Waals surface area contributed by atoms with Crippen LogP contribution in [0.2, 0.25) is 0 Å². The normalized spacial score (nSPS) is 18.2. The fraction of sp³-hybridized carbons (Fsp3) is 0.450. The van der Waals surface area contributed by atoms with Crippen molar-refractivity contribution < 1.29 is 14.7 Å². The molecule has 2 N–H and O–H groups in total. The molecule has 0 atom stereocenters. The predicted octanol–water partition coefficient (Wildman–Crippen LogP) is 2.17. The summed E-state index contributed by atoms with van der Waals surface area (Å²) < 4.78 is 1.81. The minimum absolute atomic E-state index is 0.0544. The molecule has 0 radical (unpaired) electrons. The number of benzene rings is 1. The molecule has 1 fully saturated rings. The Kier molecular flexibility index (Phi) is 4.70. The van der Waals surface area contributed by atoms with Gasteiger partial charge in [0.1, 0.15) is 0 Å². The summed E-state index contributed by atoms with van der Waals surface area (Å²) in [5.41, 5.74) is 1.11. The zero-order valence-electron chi connectivity index (χ0n) is 15.2. The standard InChI is InChI=1S/C20H24N4O3/c25-18(12-20(27)8-4-9-20)23-10-5-11-24-17(14-23)16(13-21-24)19(26)22-15-6-2-1-3-7-15/h1-3,6-7,13,27H,4-5,8-12,14H2,(H,22,26). The fourth-order valence-electron chi connectivity index (χ4n) is 3.72. The van der Waals surface area contributed by atoms with Gasteiger partial charge in [-0.15, -0.1) is 0 Å². The lowest BCUT2D eigenvalue weighted by Crippen LogP contribution is -2.43. The number of rotatable bonds is 4. The molecule has 1 aromatic heterocycles. The average molecular weight is 368 g/mol. The van der Waals surface area contributed by atoms with Crippen LogP contribution < -0.4 is 5.32 Å². The highest BCUT2D eigenvalue weighted by molar-refractivity contribution is 6.05. The molecule has 1 aliphatic carbocycles. The van der Waals surface area contributed by atoms with E-state index >= 15 is 0 Å². The number of fused-ring (bicyclic) bond motifs is 1. The molecule has 1 aromatic carbocycles. The Bertz CT molecular complexity index is 842. The van der Waals surface area contributed by atoms with Crippen LogP contribution in [0.15, 0.2) is 36.5 Å². The highest BCUT2D eigenvalue weighted by atomic mass is 16.3. The van der Waals surface area contributed by atoms with Gasteiger partial charge in [0.25, 0.3) is 5.91 Å². The Morgan fingerprint density at radius 2 is 1.93 bits per heavy atom. The van der Waals surface area contributed by atoms with Crippen LogP contribution in [0.5, 0.6) is 0 Å². The summed E-state index contributed by atoms with van der Waals surface area (Å²) in [6, 6.07) is 9.27. The van der Waals surface area contributed by atoms with E-state index in [-0.39, 0.29) is 18.2 Å². The summed E-state index contributed by atoms with van der Waals surface area (Å²) in [5.74, 6) is -0.282. The molecule has 1 aliphatic heterocycles. The molecule has 7 heteroatoms. The molecule has 0 unspecified atom stereocenters. The highest BCUT2D eigenvalue weighted by Crippen LogP contribution is 2.35. The van der Waals surface area contributed by atoms with Crippen LogP contribution in [0.4, 0.5) is 5.69 Å². The third kappa shape index (κ3) is 3.73. The Labute approximate surface area is 158 Å². The van der Waals surface area contributed by atoms with Gasteiger partial charge in [-0.25, -0.2) is 0 Å². The van der Waals surface area contributed by atoms with E-state index in [9.17, 15) is 14.7 Å². The maximum Gasteiger partial charge on any atom is 0.259 e. The van der Waals surface area contributed by atoms with Crippen molar-refractivity contribution in [3.8, 4) is 0 Å². The van der Waals surface area contributed by atoms with Gasteiger partial charge in [-0.2, -0.15) is 5.10 Å². The second kappa shape index (κ2) is 7.15. The number of hydrogen-bond donors (Lipinski definition) is 2. The molecule has 0 spiro atoms. The molecule has 2 amide bonds. The van der Waals surface area contributed by atoms with Crippen molar-refractivity contribution >= 4 is 17.5 Å². The van der Waals surface area contributed by atoms with Crippen molar-refractivity contribution in [2.75, 3.05) is 11.9 Å². The Hall–Kier alpha value is -2.67. The van der Waals surface area contributed by atoms with E-state index < -0.39 is 5.60 Å². The minimum atomic E-state index is -0.836. The molecule has 0 bridgehead atoms. The maximum absolute atomic E-state index is 12.7. The molecule has 2 heterocycles. The summed E-state index contributed by atoms with van der Waals surface area (Å²) in [7, 11) is 0. The summed E-state index contributed by atoms with van der Waals surface area (Å²) in [6.45, 7) is 1.62. The van der Waals surface area contributed by atoms with Crippen LogP contribution in [-0.2, 0) is 17.9 Å². The van der Waals surface area contributed by atoms with Crippen molar-refractivity contribution in [3.05, 3.63) is 47.8 Å². The lowest BCUT2D eigenvalue weighted by Gasteiger charge is -2.37. The van der Waals surface area contributed by atoms with E-state index in [1.54, 1.807) is 11.1 Å². The van der Waals surface area contributed by atoms with E-state index in [0.717, 1.165) is 24.2 Å². The van der Waals surface area contributed by atoms with E-state index in [1.165, 1.54) is 0 Å². The number of carbonyl (C=O) groups is 2. The Morgan fingerprint density at radius 1 is 1.15 bits per heavy atom. The first-order valence-corrected chi connectivity index (χ1v) is 9.45. The quantitative estimate of drug-likeness (QED) is 0.866. The van der Waals surface area contributed by atoms with E-state index in [4.69, 9.17) is 0 Å². The van der Waals surface area contributed by atoms with Gasteiger partial charge in [0.05, 0.1) is 36.0 Å². The van der Waals surface area contributed by atoms with Crippen LogP contribution in [0.1, 0.15) is 48.2 Å². The van der Waals surface area contributed by atoms with Gasteiger partial charge in [0, 0.05) is 18.8 Å². The zero-order valence-corrected chi connectivity index (χ0v) is 15.2. The van der Waals surface area contributed by atoms with E-state index in [0.29, 0.717) is 38.0 Å². The highest BCUT2D eigenvalue weighted by Gasteiger charge is 2.38. The summed E-state index contributed by atoms with van der Waals surface area (Å²) >= 11 is 0. The van der Waals surface area contributed by atoms with Crippen LogP contribution in [-0.4, -0.2) is 43.7 Å². The maximum atomic E-state index is 12.7. The monoisotopic (exact) mass is 368 g/mol. The molecule has 2 aromatic rings. The van der Waals surface area contributed by atoms with Crippen LogP contribution in [0, 0.1) is 0 Å². The summed E-state index contributed by atoms with van der Waals surface area (Å²) in [4.78, 5) is 27.2. The van der Waals surface area contributed by atoms with Crippen molar-refractivity contribution in [2.45, 2.75) is 50.8 Å². The number of aromatic nitrogens is 2. The minimum Gasteiger partial charge on any atom is -0.389 e. The molecule has 7 nitrogen and oxygen atoms in total. The second-order valence-electron chi connectivity index (χ2n) is 7.47.